The molecule has 0 unspecified atom stereocenters. The van der Waals surface area contributed by atoms with E-state index in [0.717, 1.165) is 27.8 Å². The second kappa shape index (κ2) is 9.58. The molecular formula is C22H33NO4. The molecule has 0 fully saturated rings. The first-order valence-electron chi connectivity index (χ1n) is 9.25. The first kappa shape index (κ1) is 22.7. The lowest BCUT2D eigenvalue weighted by Crippen LogP contribution is -2.45. The monoisotopic (exact) mass is 375 g/mol. The van der Waals surface area contributed by atoms with Crippen LogP contribution < -0.4 is 5.32 Å². The topological polar surface area (TPSA) is 64.6 Å². The van der Waals surface area contributed by atoms with Crippen LogP contribution in [0.5, 0.6) is 0 Å². The molecule has 0 heterocycles. The van der Waals surface area contributed by atoms with Gasteiger partial charge in [-0.1, -0.05) is 23.3 Å². The molecule has 5 heteroatoms. The van der Waals surface area contributed by atoms with Gasteiger partial charge in [0, 0.05) is 6.42 Å². The van der Waals surface area contributed by atoms with E-state index < -0.39 is 23.7 Å². The van der Waals surface area contributed by atoms with Crippen LogP contribution in [0.3, 0.4) is 0 Å². The Hall–Kier alpha value is -2.30. The number of rotatable bonds is 6. The van der Waals surface area contributed by atoms with Crippen molar-refractivity contribution >= 4 is 12.1 Å². The molecule has 150 valence electrons. The number of carbonyl (C=O) groups excluding carboxylic acids is 2. The number of allylic oxidation sites excluding steroid dienone is 1. The van der Waals surface area contributed by atoms with Gasteiger partial charge in [0.05, 0.1) is 0 Å². The Morgan fingerprint density at radius 2 is 1.67 bits per heavy atom. The smallest absolute Gasteiger partial charge is 0.408 e. The van der Waals surface area contributed by atoms with Crippen molar-refractivity contribution in [2.45, 2.75) is 73.5 Å². The molecule has 0 spiro atoms. The fourth-order valence-electron chi connectivity index (χ4n) is 2.77. The lowest BCUT2D eigenvalue weighted by Gasteiger charge is -2.24. The summed E-state index contributed by atoms with van der Waals surface area (Å²) in [4.78, 5) is 24.8. The normalized spacial score (nSPS) is 12.1. The highest BCUT2D eigenvalue weighted by molar-refractivity contribution is 5.82. The van der Waals surface area contributed by atoms with Crippen LogP contribution in [0.2, 0.25) is 0 Å². The Balaban J connectivity index is 3.01. The Labute approximate surface area is 163 Å². The second-order valence-electron chi connectivity index (χ2n) is 8.19. The molecule has 0 saturated heterocycles. The van der Waals surface area contributed by atoms with Crippen molar-refractivity contribution < 1.29 is 19.1 Å². The van der Waals surface area contributed by atoms with Crippen molar-refractivity contribution in [1.82, 2.24) is 5.32 Å². The van der Waals surface area contributed by atoms with Crippen LogP contribution in [0, 0.1) is 20.8 Å². The number of aryl methyl sites for hydroxylation is 3. The van der Waals surface area contributed by atoms with Gasteiger partial charge in [0.15, 0.2) is 0 Å². The maximum absolute atomic E-state index is 12.6. The third-order valence-electron chi connectivity index (χ3n) is 3.94. The minimum absolute atomic E-state index is 0.180. The largest absolute Gasteiger partial charge is 0.460 e. The zero-order valence-electron chi connectivity index (χ0n) is 17.9. The first-order chi connectivity index (χ1) is 12.4. The molecule has 1 amide bonds. The molecule has 0 aliphatic rings. The fourth-order valence-corrected chi connectivity index (χ4v) is 2.77. The van der Waals surface area contributed by atoms with Crippen LogP contribution in [0.4, 0.5) is 4.79 Å². The zero-order valence-corrected chi connectivity index (χ0v) is 17.9. The van der Waals surface area contributed by atoms with Crippen LogP contribution in [0.1, 0.15) is 56.9 Å². The second-order valence-corrected chi connectivity index (χ2v) is 8.19. The molecule has 1 aromatic carbocycles. The van der Waals surface area contributed by atoms with Crippen LogP contribution in [0.15, 0.2) is 23.8 Å². The van der Waals surface area contributed by atoms with E-state index in [2.05, 4.69) is 17.4 Å². The standard InChI is InChI=1S/C22H33NO4/c1-14(2)9-10-26-20(24)19(23-21(25)27-22(6,7)8)13-18-16(4)11-15(3)12-17(18)5/h9,11-12,19H,10,13H2,1-8H3,(H,23,25)/t19-/m0/s1. The molecule has 1 aromatic rings. The summed E-state index contributed by atoms with van der Waals surface area (Å²) < 4.78 is 10.6. The Bertz CT molecular complexity index is 687. The number of hydrogen-bond donors (Lipinski definition) is 1. The zero-order chi connectivity index (χ0) is 20.8. The summed E-state index contributed by atoms with van der Waals surface area (Å²) in [5, 5.41) is 2.67. The van der Waals surface area contributed by atoms with Gasteiger partial charge < -0.3 is 14.8 Å². The molecule has 0 radical (unpaired) electrons. The van der Waals surface area contributed by atoms with Crippen LogP contribution in [-0.4, -0.2) is 30.3 Å². The molecule has 5 nitrogen and oxygen atoms in total. The van der Waals surface area contributed by atoms with Gasteiger partial charge in [0.1, 0.15) is 18.2 Å². The van der Waals surface area contributed by atoms with Gasteiger partial charge in [-0.25, -0.2) is 9.59 Å². The average Bonchev–Trinajstić information content (AvgIpc) is 2.47. The highest BCUT2D eigenvalue weighted by atomic mass is 16.6. The third-order valence-corrected chi connectivity index (χ3v) is 3.94. The lowest BCUT2D eigenvalue weighted by molar-refractivity contribution is -0.144. The summed E-state index contributed by atoms with van der Waals surface area (Å²) in [6, 6.07) is 3.33. The molecule has 0 bridgehead atoms. The van der Waals surface area contributed by atoms with Gasteiger partial charge in [-0.2, -0.15) is 0 Å². The minimum atomic E-state index is -0.814. The van der Waals surface area contributed by atoms with Gasteiger partial charge in [0.25, 0.3) is 0 Å². The number of esters is 1. The van der Waals surface area contributed by atoms with Gasteiger partial charge in [-0.05, 0) is 78.2 Å². The maximum Gasteiger partial charge on any atom is 0.408 e. The van der Waals surface area contributed by atoms with Gasteiger partial charge in [-0.15, -0.1) is 0 Å². The van der Waals surface area contributed by atoms with Crippen molar-refractivity contribution in [2.24, 2.45) is 0 Å². The van der Waals surface area contributed by atoms with Crippen LogP contribution in [-0.2, 0) is 20.7 Å². The van der Waals surface area contributed by atoms with E-state index >= 15 is 0 Å². The fraction of sp³-hybridized carbons (Fsp3) is 0.545. The molecule has 0 aromatic heterocycles. The third kappa shape index (κ3) is 8.29. The Kier molecular flexibility index (Phi) is 8.07. The first-order valence-corrected chi connectivity index (χ1v) is 9.25. The van der Waals surface area contributed by atoms with Crippen molar-refractivity contribution in [3.63, 3.8) is 0 Å². The van der Waals surface area contributed by atoms with Crippen LogP contribution in [0.25, 0.3) is 0 Å². The minimum Gasteiger partial charge on any atom is -0.460 e. The van der Waals surface area contributed by atoms with Crippen molar-refractivity contribution in [2.75, 3.05) is 6.61 Å². The molecule has 0 aliphatic heterocycles. The Morgan fingerprint density at radius 1 is 1.11 bits per heavy atom. The summed E-state index contributed by atoms with van der Waals surface area (Å²) in [6.07, 6.45) is 1.55. The molecule has 1 rings (SSSR count). The number of carbonyl (C=O) groups is 2. The van der Waals surface area contributed by atoms with Gasteiger partial charge >= 0.3 is 12.1 Å². The molecule has 1 N–H and O–H groups in total. The summed E-state index contributed by atoms with van der Waals surface area (Å²) in [6.45, 7) is 15.4. The highest BCUT2D eigenvalue weighted by Gasteiger charge is 2.26. The molecule has 27 heavy (non-hydrogen) atoms. The van der Waals surface area contributed by atoms with E-state index in [4.69, 9.17) is 9.47 Å². The molecular weight excluding hydrogens is 342 g/mol. The summed E-state index contributed by atoms with van der Waals surface area (Å²) in [5.41, 5.74) is 4.78. The van der Waals surface area contributed by atoms with E-state index in [1.54, 1.807) is 20.8 Å². The van der Waals surface area contributed by atoms with Crippen molar-refractivity contribution in [1.29, 1.82) is 0 Å². The summed E-state index contributed by atoms with van der Waals surface area (Å²) in [5.74, 6) is -0.474. The van der Waals surface area contributed by atoms with Crippen molar-refractivity contribution in [3.05, 3.63) is 46.0 Å². The van der Waals surface area contributed by atoms with Gasteiger partial charge in [0.2, 0.25) is 0 Å². The number of hydrogen-bond acceptors (Lipinski definition) is 4. The lowest BCUT2D eigenvalue weighted by atomic mass is 9.94. The number of nitrogens with one attached hydrogen (secondary N) is 1. The van der Waals surface area contributed by atoms with E-state index in [1.807, 2.05) is 40.7 Å². The van der Waals surface area contributed by atoms with E-state index in [1.165, 1.54) is 0 Å². The SMILES string of the molecule is CC(C)=CCOC(=O)[C@H](Cc1c(C)cc(C)cc1C)NC(=O)OC(C)(C)C. The average molecular weight is 376 g/mol. The Morgan fingerprint density at radius 3 is 2.15 bits per heavy atom. The predicted molar refractivity (Wildman–Crippen MR) is 108 cm³/mol. The van der Waals surface area contributed by atoms with E-state index in [0.29, 0.717) is 6.42 Å². The van der Waals surface area contributed by atoms with E-state index in [-0.39, 0.29) is 6.61 Å². The quantitative estimate of drug-likeness (QED) is 0.585. The molecule has 0 aliphatic carbocycles. The van der Waals surface area contributed by atoms with Gasteiger partial charge in [-0.3, -0.25) is 0 Å². The number of ether oxygens (including phenoxy) is 2. The van der Waals surface area contributed by atoms with Crippen molar-refractivity contribution in [3.8, 4) is 0 Å². The number of benzene rings is 1. The summed E-state index contributed by atoms with van der Waals surface area (Å²) in [7, 11) is 0. The number of alkyl carbamates (subject to hydrolysis) is 1. The highest BCUT2D eigenvalue weighted by Crippen LogP contribution is 2.19. The maximum atomic E-state index is 12.6. The molecule has 0 saturated carbocycles. The molecule has 1 atom stereocenters. The predicted octanol–water partition coefficient (Wildman–Crippen LogP) is 4.56. The number of amides is 1. The van der Waals surface area contributed by atoms with Crippen LogP contribution >= 0.6 is 0 Å². The summed E-state index contributed by atoms with van der Waals surface area (Å²) >= 11 is 0. The van der Waals surface area contributed by atoms with E-state index in [9.17, 15) is 9.59 Å².